The third-order valence-corrected chi connectivity index (χ3v) is 14.1. The van der Waals surface area contributed by atoms with Crippen LogP contribution in [0.3, 0.4) is 0 Å². The van der Waals surface area contributed by atoms with E-state index in [1.54, 1.807) is 0 Å². The van der Waals surface area contributed by atoms with E-state index in [-0.39, 0.29) is 43.7 Å². The molecule has 19 heteroatoms. The first-order valence-corrected chi connectivity index (χ1v) is 20.6. The standard InChI is InChI=1S/C26H57N3O13SSi2/c1-8-9-13-27-25(31)26(32)28-14-17-29(15-10-19-43(33,34)35,16-11-20-44(36-2,37-3)38-4)22-24(30)23-42-18-12-21-45(39-5,40-6)41-7/h24,30H,8-23H2,1-7H3,(H2-,27,28,31,32,33,34,35)/p+1. The van der Waals surface area contributed by atoms with Crippen molar-refractivity contribution in [3.8, 4) is 0 Å². The molecule has 0 aliphatic rings. The molecule has 0 saturated carbocycles. The van der Waals surface area contributed by atoms with Gasteiger partial charge in [0.05, 0.1) is 38.5 Å². The number of nitrogens with zero attached hydrogens (tertiary/aromatic N) is 1. The first kappa shape index (κ1) is 43.9. The molecule has 0 radical (unpaired) electrons. The normalized spacial score (nSPS) is 14.6. The van der Waals surface area contributed by atoms with Crippen LogP contribution in [0, 0.1) is 0 Å². The molecule has 0 aromatic heterocycles. The number of carbonyl (C=O) groups excluding carboxylic acids is 2. The predicted molar refractivity (Wildman–Crippen MR) is 171 cm³/mol. The number of carbonyl (C=O) groups is 2. The Morgan fingerprint density at radius 1 is 0.756 bits per heavy atom. The fourth-order valence-corrected chi connectivity index (χ4v) is 8.88. The summed E-state index contributed by atoms with van der Waals surface area (Å²) in [5, 5.41) is 16.3. The van der Waals surface area contributed by atoms with Crippen molar-refractivity contribution in [1.29, 1.82) is 0 Å². The average Bonchev–Trinajstić information content (AvgIpc) is 3.01. The van der Waals surface area contributed by atoms with E-state index in [9.17, 15) is 27.7 Å². The zero-order valence-corrected chi connectivity index (χ0v) is 30.9. The van der Waals surface area contributed by atoms with Crippen LogP contribution < -0.4 is 10.6 Å². The summed E-state index contributed by atoms with van der Waals surface area (Å²) in [4.78, 5) is 24.6. The van der Waals surface area contributed by atoms with E-state index >= 15 is 0 Å². The highest BCUT2D eigenvalue weighted by Gasteiger charge is 2.40. The Kier molecular flexibility index (Phi) is 22.7. The second kappa shape index (κ2) is 23.3. The fraction of sp³-hybridized carbons (Fsp3) is 0.923. The van der Waals surface area contributed by atoms with Crippen LogP contribution in [0.1, 0.15) is 39.0 Å². The van der Waals surface area contributed by atoms with Gasteiger partial charge in [0.1, 0.15) is 12.6 Å². The fourth-order valence-electron chi connectivity index (χ4n) is 4.99. The highest BCUT2D eigenvalue weighted by atomic mass is 32.2. The molecular formula is C26H58N3O13SSi2+. The Hall–Kier alpha value is -1.08. The van der Waals surface area contributed by atoms with E-state index in [0.717, 1.165) is 12.8 Å². The molecule has 16 nitrogen and oxygen atoms in total. The predicted octanol–water partition coefficient (Wildman–Crippen LogP) is 0.0275. The third kappa shape index (κ3) is 18.2. The summed E-state index contributed by atoms with van der Waals surface area (Å²) in [5.74, 6) is -1.98. The van der Waals surface area contributed by atoms with Crippen molar-refractivity contribution in [2.24, 2.45) is 0 Å². The summed E-state index contributed by atoms with van der Waals surface area (Å²) in [6.45, 7) is 3.85. The quantitative estimate of drug-likeness (QED) is 0.0280. The molecule has 268 valence electrons. The minimum Gasteiger partial charge on any atom is -0.385 e. The molecule has 0 spiro atoms. The van der Waals surface area contributed by atoms with Crippen molar-refractivity contribution in [3.05, 3.63) is 0 Å². The minimum absolute atomic E-state index is 0.00110. The lowest BCUT2D eigenvalue weighted by Gasteiger charge is -2.41. The van der Waals surface area contributed by atoms with Crippen molar-refractivity contribution < 1.29 is 63.4 Å². The molecule has 0 saturated heterocycles. The van der Waals surface area contributed by atoms with Gasteiger partial charge in [-0.25, -0.2) is 0 Å². The SMILES string of the molecule is CCCCNC(=O)C(=O)NCC[N+](CCC[Si](OC)(OC)OC)(CCCS(=O)(=O)O)CC(O)COCCC[Si](OC)(OC)OC. The maximum absolute atomic E-state index is 12.4. The Morgan fingerprint density at radius 2 is 1.24 bits per heavy atom. The second-order valence-electron chi connectivity index (χ2n) is 10.7. The summed E-state index contributed by atoms with van der Waals surface area (Å²) in [5.41, 5.74) is 0. The summed E-state index contributed by atoms with van der Waals surface area (Å²) >= 11 is 0. The summed E-state index contributed by atoms with van der Waals surface area (Å²) in [6.07, 6.45) is 1.85. The van der Waals surface area contributed by atoms with Crippen LogP contribution >= 0.6 is 0 Å². The van der Waals surface area contributed by atoms with Gasteiger partial charge in [0, 0.05) is 80.7 Å². The van der Waals surface area contributed by atoms with E-state index < -0.39 is 51.4 Å². The molecule has 0 bridgehead atoms. The van der Waals surface area contributed by atoms with Crippen LogP contribution in [0.2, 0.25) is 12.1 Å². The summed E-state index contributed by atoms with van der Waals surface area (Å²) < 4.78 is 71.2. The van der Waals surface area contributed by atoms with E-state index in [1.165, 1.54) is 42.7 Å². The molecule has 0 aromatic carbocycles. The van der Waals surface area contributed by atoms with Gasteiger partial charge in [-0.3, -0.25) is 14.1 Å². The number of unbranched alkanes of at least 4 members (excludes halogenated alkanes) is 1. The Bertz CT molecular complexity index is 911. The molecule has 0 fully saturated rings. The maximum Gasteiger partial charge on any atom is 0.500 e. The molecular weight excluding hydrogens is 651 g/mol. The van der Waals surface area contributed by atoms with E-state index in [1.807, 2.05) is 6.92 Å². The second-order valence-corrected chi connectivity index (χ2v) is 18.5. The molecule has 2 amide bonds. The first-order valence-electron chi connectivity index (χ1n) is 15.2. The van der Waals surface area contributed by atoms with Crippen LogP contribution in [0.25, 0.3) is 0 Å². The van der Waals surface area contributed by atoms with E-state index in [0.29, 0.717) is 44.6 Å². The van der Waals surface area contributed by atoms with Gasteiger partial charge in [-0.1, -0.05) is 13.3 Å². The molecule has 0 aromatic rings. The Balaban J connectivity index is 5.73. The topological polar surface area (TPSA) is 197 Å². The molecule has 0 heterocycles. The van der Waals surface area contributed by atoms with Gasteiger partial charge >= 0.3 is 29.4 Å². The largest absolute Gasteiger partial charge is 0.500 e. The number of rotatable bonds is 28. The molecule has 2 unspecified atom stereocenters. The van der Waals surface area contributed by atoms with Crippen molar-refractivity contribution in [2.45, 2.75) is 57.2 Å². The number of ether oxygens (including phenoxy) is 1. The lowest BCUT2D eigenvalue weighted by Crippen LogP contribution is -2.58. The summed E-state index contributed by atoms with van der Waals surface area (Å²) in [6, 6.07) is 0.968. The van der Waals surface area contributed by atoms with Crippen LogP contribution in [0.5, 0.6) is 0 Å². The monoisotopic (exact) mass is 708 g/mol. The lowest BCUT2D eigenvalue weighted by molar-refractivity contribution is -0.929. The molecule has 0 aliphatic carbocycles. The lowest BCUT2D eigenvalue weighted by atomic mass is 10.2. The van der Waals surface area contributed by atoms with Gasteiger partial charge in [-0.15, -0.1) is 0 Å². The van der Waals surface area contributed by atoms with Gasteiger partial charge in [0.2, 0.25) is 0 Å². The van der Waals surface area contributed by atoms with E-state index in [2.05, 4.69) is 10.6 Å². The van der Waals surface area contributed by atoms with Crippen molar-refractivity contribution >= 4 is 39.5 Å². The van der Waals surface area contributed by atoms with Gasteiger partial charge in [-0.05, 0) is 12.8 Å². The summed E-state index contributed by atoms with van der Waals surface area (Å²) in [7, 11) is -0.798. The van der Waals surface area contributed by atoms with Gasteiger partial charge < -0.3 is 51.5 Å². The van der Waals surface area contributed by atoms with Crippen LogP contribution in [0.4, 0.5) is 0 Å². The number of aliphatic hydroxyl groups is 1. The van der Waals surface area contributed by atoms with Crippen molar-refractivity contribution in [2.75, 3.05) is 101 Å². The van der Waals surface area contributed by atoms with Gasteiger partial charge in [0.15, 0.2) is 0 Å². The average molecular weight is 709 g/mol. The Morgan fingerprint density at radius 3 is 1.73 bits per heavy atom. The number of hydrogen-bond donors (Lipinski definition) is 4. The van der Waals surface area contributed by atoms with Crippen molar-refractivity contribution in [1.82, 2.24) is 10.6 Å². The van der Waals surface area contributed by atoms with Gasteiger partial charge in [0.25, 0.3) is 10.1 Å². The minimum atomic E-state index is -4.23. The molecule has 2 atom stereocenters. The van der Waals surface area contributed by atoms with Crippen LogP contribution in [0.15, 0.2) is 0 Å². The number of nitrogens with one attached hydrogen (secondary N) is 2. The molecule has 4 N–H and O–H groups in total. The zero-order valence-electron chi connectivity index (χ0n) is 28.1. The number of hydrogen-bond acceptors (Lipinski definition) is 12. The van der Waals surface area contributed by atoms with Gasteiger partial charge in [-0.2, -0.15) is 8.42 Å². The number of quaternary nitrogens is 1. The third-order valence-electron chi connectivity index (χ3n) is 7.59. The van der Waals surface area contributed by atoms with Crippen molar-refractivity contribution in [3.63, 3.8) is 0 Å². The van der Waals surface area contributed by atoms with Crippen LogP contribution in [-0.2, 0) is 51.0 Å². The van der Waals surface area contributed by atoms with Crippen LogP contribution in [-0.4, -0.2) is 159 Å². The van der Waals surface area contributed by atoms with E-state index in [4.69, 9.17) is 31.3 Å². The first-order chi connectivity index (χ1) is 21.2. The molecule has 0 aliphatic heterocycles. The number of aliphatic hydroxyl groups excluding tert-OH is 1. The highest BCUT2D eigenvalue weighted by molar-refractivity contribution is 7.85. The Labute approximate surface area is 271 Å². The smallest absolute Gasteiger partial charge is 0.385 e. The number of amides is 2. The maximum atomic E-state index is 12.4. The molecule has 45 heavy (non-hydrogen) atoms. The highest BCUT2D eigenvalue weighted by Crippen LogP contribution is 2.20. The molecule has 0 rings (SSSR count). The zero-order chi connectivity index (χ0) is 34.4.